The molecular weight excluding hydrogens is 400 g/mol. The summed E-state index contributed by atoms with van der Waals surface area (Å²) in [5, 5.41) is 10.6. The van der Waals surface area contributed by atoms with Crippen molar-refractivity contribution in [3.8, 4) is 17.0 Å². The maximum Gasteiger partial charge on any atom is 0.153 e. The monoisotopic (exact) mass is 430 g/mol. The molecule has 2 aromatic rings. The number of nitrogens with two attached hydrogens (primary N) is 1. The number of aromatic nitrogens is 2. The first kappa shape index (κ1) is 21.3. The van der Waals surface area contributed by atoms with E-state index in [9.17, 15) is 5.11 Å². The number of halogens is 1. The van der Waals surface area contributed by atoms with E-state index in [1.807, 2.05) is 25.1 Å². The van der Waals surface area contributed by atoms with Crippen molar-refractivity contribution < 1.29 is 9.84 Å². The van der Waals surface area contributed by atoms with E-state index in [4.69, 9.17) is 32.0 Å². The SMILES string of the molecule is COc1cccc(-c2nc(CO)c(N3CCC4(CC[C@@H](C)[C@H]4N)CC3)nc2C)c1Cl. The number of aliphatic hydroxyl groups is 1. The van der Waals surface area contributed by atoms with E-state index >= 15 is 0 Å². The minimum Gasteiger partial charge on any atom is -0.495 e. The predicted octanol–water partition coefficient (Wildman–Crippen LogP) is 3.95. The second-order valence-corrected chi connectivity index (χ2v) is 9.18. The van der Waals surface area contributed by atoms with Crippen LogP contribution in [0.3, 0.4) is 0 Å². The fourth-order valence-corrected chi connectivity index (χ4v) is 5.51. The highest BCUT2D eigenvalue weighted by Gasteiger charge is 2.46. The first-order valence-corrected chi connectivity index (χ1v) is 11.1. The van der Waals surface area contributed by atoms with E-state index in [1.54, 1.807) is 7.11 Å². The summed E-state index contributed by atoms with van der Waals surface area (Å²) < 4.78 is 5.34. The lowest BCUT2D eigenvalue weighted by atomic mass is 9.73. The van der Waals surface area contributed by atoms with Gasteiger partial charge in [-0.25, -0.2) is 9.97 Å². The Morgan fingerprint density at radius 2 is 2.00 bits per heavy atom. The van der Waals surface area contributed by atoms with E-state index in [-0.39, 0.29) is 18.1 Å². The lowest BCUT2D eigenvalue weighted by Gasteiger charge is -2.43. The van der Waals surface area contributed by atoms with Crippen LogP contribution in [0, 0.1) is 18.3 Å². The Kier molecular flexibility index (Phi) is 5.93. The molecule has 2 fully saturated rings. The number of hydrogen-bond donors (Lipinski definition) is 2. The normalized spacial score (nSPS) is 23.2. The minimum absolute atomic E-state index is 0.171. The van der Waals surface area contributed by atoms with Crippen molar-refractivity contribution in [2.75, 3.05) is 25.1 Å². The van der Waals surface area contributed by atoms with Gasteiger partial charge in [0.15, 0.2) is 5.82 Å². The highest BCUT2D eigenvalue weighted by molar-refractivity contribution is 6.34. The van der Waals surface area contributed by atoms with Crippen LogP contribution in [0.5, 0.6) is 5.75 Å². The van der Waals surface area contributed by atoms with E-state index in [1.165, 1.54) is 12.8 Å². The van der Waals surface area contributed by atoms with Crippen LogP contribution in [-0.4, -0.2) is 41.3 Å². The van der Waals surface area contributed by atoms with Gasteiger partial charge in [-0.3, -0.25) is 0 Å². The molecule has 0 bridgehead atoms. The van der Waals surface area contributed by atoms with Crippen LogP contribution in [0.15, 0.2) is 18.2 Å². The van der Waals surface area contributed by atoms with Gasteiger partial charge in [-0.2, -0.15) is 0 Å². The van der Waals surface area contributed by atoms with Crippen molar-refractivity contribution in [1.82, 2.24) is 9.97 Å². The molecule has 0 amide bonds. The first-order chi connectivity index (χ1) is 14.4. The van der Waals surface area contributed by atoms with Gasteiger partial charge < -0.3 is 20.5 Å². The molecule has 1 aromatic heterocycles. The zero-order chi connectivity index (χ0) is 21.5. The maximum atomic E-state index is 10.1. The van der Waals surface area contributed by atoms with Gasteiger partial charge in [0, 0.05) is 24.7 Å². The van der Waals surface area contributed by atoms with Crippen LogP contribution in [0.1, 0.15) is 44.0 Å². The molecule has 1 aliphatic heterocycles. The largest absolute Gasteiger partial charge is 0.495 e. The third kappa shape index (κ3) is 3.55. The summed E-state index contributed by atoms with van der Waals surface area (Å²) in [5.41, 5.74) is 9.61. The number of piperidine rings is 1. The van der Waals surface area contributed by atoms with Gasteiger partial charge in [-0.05, 0) is 50.0 Å². The van der Waals surface area contributed by atoms with E-state index < -0.39 is 0 Å². The summed E-state index contributed by atoms with van der Waals surface area (Å²) in [4.78, 5) is 11.9. The number of nitrogens with zero attached hydrogens (tertiary/aromatic N) is 3. The Hall–Kier alpha value is -1.89. The number of methoxy groups -OCH3 is 1. The molecule has 0 unspecified atom stereocenters. The van der Waals surface area contributed by atoms with Crippen LogP contribution in [-0.2, 0) is 6.61 Å². The molecule has 4 rings (SSSR count). The van der Waals surface area contributed by atoms with Crippen LogP contribution >= 0.6 is 11.6 Å². The lowest BCUT2D eigenvalue weighted by molar-refractivity contribution is 0.185. The van der Waals surface area contributed by atoms with Crippen molar-refractivity contribution in [3.63, 3.8) is 0 Å². The van der Waals surface area contributed by atoms with Gasteiger partial charge in [0.25, 0.3) is 0 Å². The Labute approximate surface area is 183 Å². The van der Waals surface area contributed by atoms with Gasteiger partial charge in [-0.1, -0.05) is 30.7 Å². The molecule has 6 nitrogen and oxygen atoms in total. The number of rotatable bonds is 4. The lowest BCUT2D eigenvalue weighted by Crippen LogP contribution is -2.48. The molecule has 1 aromatic carbocycles. The van der Waals surface area contributed by atoms with E-state index in [2.05, 4.69) is 11.8 Å². The summed E-state index contributed by atoms with van der Waals surface area (Å²) in [6.45, 7) is 5.81. The van der Waals surface area contributed by atoms with Gasteiger partial charge in [-0.15, -0.1) is 0 Å². The maximum absolute atomic E-state index is 10.1. The van der Waals surface area contributed by atoms with E-state index in [0.717, 1.165) is 43.0 Å². The standard InChI is InChI=1S/C23H31ClN4O2/c1-14-7-8-23(21(14)25)9-11-28(12-10-23)22-17(13-29)27-20(15(2)26-22)16-5-4-6-18(30-3)19(16)24/h4-6,14,21,29H,7-13,25H2,1-3H3/t14-,21-/m1/s1. The van der Waals surface area contributed by atoms with Crippen LogP contribution in [0.25, 0.3) is 11.3 Å². The highest BCUT2D eigenvalue weighted by Crippen LogP contribution is 2.48. The Balaban J connectivity index is 1.63. The summed E-state index contributed by atoms with van der Waals surface area (Å²) in [7, 11) is 1.59. The fraction of sp³-hybridized carbons (Fsp3) is 0.565. The minimum atomic E-state index is -0.171. The molecule has 3 N–H and O–H groups in total. The van der Waals surface area contributed by atoms with Crippen LogP contribution in [0.2, 0.25) is 5.02 Å². The second kappa shape index (κ2) is 8.33. The van der Waals surface area contributed by atoms with Crippen LogP contribution < -0.4 is 15.4 Å². The zero-order valence-electron chi connectivity index (χ0n) is 18.0. The van der Waals surface area contributed by atoms with Gasteiger partial charge >= 0.3 is 0 Å². The summed E-state index contributed by atoms with van der Waals surface area (Å²) in [5.74, 6) is 1.96. The predicted molar refractivity (Wildman–Crippen MR) is 120 cm³/mol. The highest BCUT2D eigenvalue weighted by atomic mass is 35.5. The molecular formula is C23H31ClN4O2. The van der Waals surface area contributed by atoms with Crippen molar-refractivity contribution in [1.29, 1.82) is 0 Å². The third-order valence-electron chi connectivity index (χ3n) is 7.19. The number of aliphatic hydroxyl groups excluding tert-OH is 1. The topological polar surface area (TPSA) is 84.5 Å². The van der Waals surface area contributed by atoms with Crippen molar-refractivity contribution in [2.24, 2.45) is 17.1 Å². The Morgan fingerprint density at radius 3 is 2.60 bits per heavy atom. The van der Waals surface area contributed by atoms with Gasteiger partial charge in [0.1, 0.15) is 11.4 Å². The molecule has 1 saturated carbocycles. The summed E-state index contributed by atoms with van der Waals surface area (Å²) in [6, 6.07) is 5.87. The molecule has 0 radical (unpaired) electrons. The summed E-state index contributed by atoms with van der Waals surface area (Å²) >= 11 is 6.52. The smallest absolute Gasteiger partial charge is 0.153 e. The molecule has 2 aliphatic rings. The van der Waals surface area contributed by atoms with Crippen molar-refractivity contribution in [3.05, 3.63) is 34.6 Å². The number of anilines is 1. The molecule has 1 aliphatic carbocycles. The summed E-state index contributed by atoms with van der Waals surface area (Å²) in [6.07, 6.45) is 4.56. The third-order valence-corrected chi connectivity index (χ3v) is 7.58. The zero-order valence-corrected chi connectivity index (χ0v) is 18.7. The Bertz CT molecular complexity index is 928. The van der Waals surface area contributed by atoms with Crippen molar-refractivity contribution in [2.45, 2.75) is 52.2 Å². The molecule has 1 spiro atoms. The number of hydrogen-bond acceptors (Lipinski definition) is 6. The van der Waals surface area contributed by atoms with Gasteiger partial charge in [0.05, 0.1) is 30.1 Å². The molecule has 7 heteroatoms. The number of aryl methyl sites for hydroxylation is 1. The second-order valence-electron chi connectivity index (χ2n) is 8.80. The average molecular weight is 431 g/mol. The van der Waals surface area contributed by atoms with Crippen molar-refractivity contribution >= 4 is 17.4 Å². The van der Waals surface area contributed by atoms with Crippen LogP contribution in [0.4, 0.5) is 5.82 Å². The molecule has 2 heterocycles. The first-order valence-electron chi connectivity index (χ1n) is 10.7. The fourth-order valence-electron chi connectivity index (χ4n) is 5.22. The molecule has 162 valence electrons. The number of ether oxygens (including phenoxy) is 1. The quantitative estimate of drug-likeness (QED) is 0.763. The Morgan fingerprint density at radius 1 is 1.27 bits per heavy atom. The molecule has 30 heavy (non-hydrogen) atoms. The average Bonchev–Trinajstić information content (AvgIpc) is 3.03. The molecule has 1 saturated heterocycles. The molecule has 2 atom stereocenters. The number of benzene rings is 1. The van der Waals surface area contributed by atoms with Gasteiger partial charge in [0.2, 0.25) is 0 Å². The van der Waals surface area contributed by atoms with E-state index in [0.29, 0.717) is 28.1 Å².